The predicted octanol–water partition coefficient (Wildman–Crippen LogP) is 3.04. The van der Waals surface area contributed by atoms with Gasteiger partial charge in [0.25, 0.3) is 26.0 Å². The van der Waals surface area contributed by atoms with Gasteiger partial charge in [-0.15, -0.1) is 4.83 Å². The van der Waals surface area contributed by atoms with E-state index >= 15 is 0 Å². The molecule has 0 aromatic heterocycles. The molecule has 1 amide bonds. The molecule has 0 bridgehead atoms. The van der Waals surface area contributed by atoms with E-state index in [1.54, 1.807) is 38.1 Å². The smallest absolute Gasteiger partial charge is 0.266 e. The Morgan fingerprint density at radius 1 is 0.824 bits per heavy atom. The van der Waals surface area contributed by atoms with Crippen molar-refractivity contribution >= 4 is 31.6 Å². The standard InChI is InChI=1S/C23H25N3O6S2/c1-15-12-16(2)22(17(3)13-15)34(30,31)26-24-23(27)18-6-5-7-21(14-18)33(28,29)25-19-8-10-20(32-4)11-9-19/h5-14,25-26H,1-4H3,(H,24,27). The Morgan fingerprint density at radius 3 is 2.03 bits per heavy atom. The van der Waals surface area contributed by atoms with E-state index in [1.165, 1.54) is 37.4 Å². The minimum atomic E-state index is -4.05. The molecule has 3 aromatic rings. The number of carbonyl (C=O) groups excluding carboxylic acids is 1. The molecule has 0 heterocycles. The molecule has 3 rings (SSSR count). The van der Waals surface area contributed by atoms with Crippen molar-refractivity contribution in [1.29, 1.82) is 0 Å². The summed E-state index contributed by atoms with van der Waals surface area (Å²) in [4.78, 5) is 14.6. The SMILES string of the molecule is COc1ccc(NS(=O)(=O)c2cccc(C(=O)NNS(=O)(=O)c3c(C)cc(C)cc3C)c2)cc1. The molecule has 34 heavy (non-hydrogen) atoms. The maximum absolute atomic E-state index is 12.8. The Balaban J connectivity index is 1.77. The van der Waals surface area contributed by atoms with Crippen LogP contribution < -0.4 is 19.7 Å². The van der Waals surface area contributed by atoms with Gasteiger partial charge in [-0.3, -0.25) is 14.9 Å². The van der Waals surface area contributed by atoms with E-state index in [-0.39, 0.29) is 15.4 Å². The molecule has 3 N–H and O–H groups in total. The van der Waals surface area contributed by atoms with Gasteiger partial charge >= 0.3 is 0 Å². The minimum absolute atomic E-state index is 0.0438. The van der Waals surface area contributed by atoms with Gasteiger partial charge in [-0.05, 0) is 74.4 Å². The zero-order valence-electron chi connectivity index (χ0n) is 19.0. The number of anilines is 1. The number of carbonyl (C=O) groups is 1. The van der Waals surface area contributed by atoms with E-state index in [0.29, 0.717) is 22.6 Å². The van der Waals surface area contributed by atoms with Crippen molar-refractivity contribution in [3.8, 4) is 5.75 Å². The number of nitrogens with one attached hydrogen (secondary N) is 3. The van der Waals surface area contributed by atoms with Gasteiger partial charge in [-0.1, -0.05) is 23.8 Å². The highest BCUT2D eigenvalue weighted by atomic mass is 32.2. The molecular weight excluding hydrogens is 478 g/mol. The number of sulfonamides is 2. The Kier molecular flexibility index (Phi) is 7.29. The number of amides is 1. The van der Waals surface area contributed by atoms with Crippen molar-refractivity contribution < 1.29 is 26.4 Å². The highest BCUT2D eigenvalue weighted by Gasteiger charge is 2.22. The van der Waals surface area contributed by atoms with Gasteiger partial charge in [0.1, 0.15) is 5.75 Å². The molecule has 0 fully saturated rings. The topological polar surface area (TPSA) is 131 Å². The summed E-state index contributed by atoms with van der Waals surface area (Å²) >= 11 is 0. The molecule has 9 nitrogen and oxygen atoms in total. The summed E-state index contributed by atoms with van der Waals surface area (Å²) < 4.78 is 58.5. The third-order valence-electron chi connectivity index (χ3n) is 4.92. The van der Waals surface area contributed by atoms with Gasteiger partial charge < -0.3 is 4.74 Å². The first-order valence-electron chi connectivity index (χ1n) is 10.1. The third kappa shape index (κ3) is 5.74. The second kappa shape index (κ2) is 9.84. The molecule has 0 saturated carbocycles. The van der Waals surface area contributed by atoms with Crippen LogP contribution >= 0.6 is 0 Å². The fraction of sp³-hybridized carbons (Fsp3) is 0.174. The van der Waals surface area contributed by atoms with Crippen LogP contribution in [0.3, 0.4) is 0 Å². The molecule has 3 aromatic carbocycles. The highest BCUT2D eigenvalue weighted by Crippen LogP contribution is 2.22. The van der Waals surface area contributed by atoms with Crippen LogP contribution in [0.25, 0.3) is 0 Å². The molecule has 11 heteroatoms. The maximum Gasteiger partial charge on any atom is 0.266 e. The van der Waals surface area contributed by atoms with E-state index in [1.807, 2.05) is 6.92 Å². The van der Waals surface area contributed by atoms with Gasteiger partial charge in [0.05, 0.1) is 16.9 Å². The lowest BCUT2D eigenvalue weighted by molar-refractivity contribution is 0.0945. The van der Waals surface area contributed by atoms with Crippen LogP contribution in [0.5, 0.6) is 5.75 Å². The van der Waals surface area contributed by atoms with Crippen molar-refractivity contribution in [1.82, 2.24) is 10.3 Å². The quantitative estimate of drug-likeness (QED) is 0.405. The van der Waals surface area contributed by atoms with Crippen molar-refractivity contribution in [2.45, 2.75) is 30.6 Å². The zero-order chi connectivity index (χ0) is 25.1. The molecule has 0 atom stereocenters. The Bertz CT molecular complexity index is 1410. The maximum atomic E-state index is 12.8. The Hall–Kier alpha value is -3.41. The molecule has 0 aliphatic carbocycles. The summed E-state index contributed by atoms with van der Waals surface area (Å²) in [7, 11) is -6.55. The lowest BCUT2D eigenvalue weighted by Crippen LogP contribution is -2.42. The summed E-state index contributed by atoms with van der Waals surface area (Å²) in [5.41, 5.74) is 4.40. The number of rotatable bonds is 8. The number of ether oxygens (including phenoxy) is 1. The van der Waals surface area contributed by atoms with Gasteiger partial charge in [0.2, 0.25) is 0 Å². The molecule has 0 saturated heterocycles. The van der Waals surface area contributed by atoms with E-state index in [4.69, 9.17) is 4.74 Å². The molecule has 180 valence electrons. The largest absolute Gasteiger partial charge is 0.497 e. The zero-order valence-corrected chi connectivity index (χ0v) is 20.7. The fourth-order valence-corrected chi connectivity index (χ4v) is 5.90. The molecule has 0 unspecified atom stereocenters. The lowest BCUT2D eigenvalue weighted by Gasteiger charge is -2.14. The summed E-state index contributed by atoms with van der Waals surface area (Å²) in [6, 6.07) is 15.0. The van der Waals surface area contributed by atoms with Crippen LogP contribution in [0.15, 0.2) is 70.5 Å². The molecule has 0 spiro atoms. The van der Waals surface area contributed by atoms with E-state index < -0.39 is 26.0 Å². The molecule has 0 aliphatic rings. The number of hydrazine groups is 1. The molecule has 0 aliphatic heterocycles. The van der Waals surface area contributed by atoms with Crippen LogP contribution in [0.1, 0.15) is 27.0 Å². The monoisotopic (exact) mass is 503 g/mol. The molecular formula is C23H25N3O6S2. The summed E-state index contributed by atoms with van der Waals surface area (Å²) in [6.45, 7) is 5.19. The number of aryl methyl sites for hydroxylation is 3. The molecule has 0 radical (unpaired) electrons. The van der Waals surface area contributed by atoms with E-state index in [9.17, 15) is 21.6 Å². The summed E-state index contributed by atoms with van der Waals surface area (Å²) in [5.74, 6) is -0.243. The Morgan fingerprint density at radius 2 is 1.44 bits per heavy atom. The summed E-state index contributed by atoms with van der Waals surface area (Å²) in [6.07, 6.45) is 0. The van der Waals surface area contributed by atoms with Crippen LogP contribution in [0, 0.1) is 20.8 Å². The van der Waals surface area contributed by atoms with Crippen LogP contribution in [0.4, 0.5) is 5.69 Å². The van der Waals surface area contributed by atoms with Gasteiger partial charge in [-0.2, -0.15) is 0 Å². The van der Waals surface area contributed by atoms with Crippen LogP contribution in [0.2, 0.25) is 0 Å². The van der Waals surface area contributed by atoms with Crippen molar-refractivity contribution in [3.63, 3.8) is 0 Å². The van der Waals surface area contributed by atoms with Crippen molar-refractivity contribution in [3.05, 3.63) is 82.9 Å². The highest BCUT2D eigenvalue weighted by molar-refractivity contribution is 7.92. The third-order valence-corrected chi connectivity index (χ3v) is 7.85. The fourth-order valence-electron chi connectivity index (χ4n) is 3.51. The number of hydrogen-bond acceptors (Lipinski definition) is 6. The number of hydrogen-bond donors (Lipinski definition) is 3. The lowest BCUT2D eigenvalue weighted by atomic mass is 10.1. The first-order valence-corrected chi connectivity index (χ1v) is 13.1. The average molecular weight is 504 g/mol. The van der Waals surface area contributed by atoms with E-state index in [0.717, 1.165) is 11.6 Å². The van der Waals surface area contributed by atoms with Gasteiger partial charge in [0.15, 0.2) is 0 Å². The van der Waals surface area contributed by atoms with Gasteiger partial charge in [0, 0.05) is 11.3 Å². The Labute approximate surface area is 199 Å². The second-order valence-corrected chi connectivity index (χ2v) is 11.0. The average Bonchev–Trinajstić information content (AvgIpc) is 2.77. The first kappa shape index (κ1) is 25.2. The minimum Gasteiger partial charge on any atom is -0.497 e. The van der Waals surface area contributed by atoms with Crippen molar-refractivity contribution in [2.75, 3.05) is 11.8 Å². The first-order chi connectivity index (χ1) is 15.9. The normalized spacial score (nSPS) is 11.6. The second-order valence-electron chi connectivity index (χ2n) is 7.65. The van der Waals surface area contributed by atoms with Gasteiger partial charge in [-0.25, -0.2) is 16.8 Å². The van der Waals surface area contributed by atoms with Crippen LogP contribution in [-0.4, -0.2) is 29.9 Å². The number of methoxy groups -OCH3 is 1. The van der Waals surface area contributed by atoms with Crippen LogP contribution in [-0.2, 0) is 20.0 Å². The summed E-state index contributed by atoms with van der Waals surface area (Å²) in [5, 5.41) is 0. The number of benzene rings is 3. The van der Waals surface area contributed by atoms with E-state index in [2.05, 4.69) is 15.0 Å². The predicted molar refractivity (Wildman–Crippen MR) is 129 cm³/mol. The van der Waals surface area contributed by atoms with Crippen molar-refractivity contribution in [2.24, 2.45) is 0 Å².